The van der Waals surface area contributed by atoms with Crippen molar-refractivity contribution in [3.8, 4) is 0 Å². The molecule has 0 aliphatic heterocycles. The molecule has 0 radical (unpaired) electrons. The van der Waals surface area contributed by atoms with Gasteiger partial charge in [-0.3, -0.25) is 14.9 Å². The quantitative estimate of drug-likeness (QED) is 0.223. The Morgan fingerprint density at radius 3 is 2.71 bits per heavy atom. The van der Waals surface area contributed by atoms with Gasteiger partial charge >= 0.3 is 0 Å². The number of hydrogen-bond acceptors (Lipinski definition) is 6. The van der Waals surface area contributed by atoms with Gasteiger partial charge in [-0.2, -0.15) is 0 Å². The van der Waals surface area contributed by atoms with Crippen LogP contribution in [0.3, 0.4) is 0 Å². The number of hydrogen-bond donors (Lipinski definition) is 2. The first kappa shape index (κ1) is 17.0. The van der Waals surface area contributed by atoms with E-state index in [0.717, 1.165) is 10.4 Å². The van der Waals surface area contributed by atoms with E-state index in [2.05, 4.69) is 31.2 Å². The van der Waals surface area contributed by atoms with Crippen molar-refractivity contribution in [3.63, 3.8) is 0 Å². The van der Waals surface area contributed by atoms with Crippen LogP contribution in [0.2, 0.25) is 0 Å². The van der Waals surface area contributed by atoms with Gasteiger partial charge in [0.15, 0.2) is 0 Å². The molecule has 0 aliphatic carbocycles. The molecule has 0 atom stereocenters. The van der Waals surface area contributed by atoms with Crippen molar-refractivity contribution in [1.82, 2.24) is 0 Å². The molecule has 0 saturated carbocycles. The summed E-state index contributed by atoms with van der Waals surface area (Å²) in [5.74, 6) is -0.238. The van der Waals surface area contributed by atoms with Crippen LogP contribution in [-0.4, -0.2) is 10.8 Å². The third-order valence-corrected chi connectivity index (χ3v) is 5.30. The first-order chi connectivity index (χ1) is 11.6. The molecular weight excluding hydrogens is 461 g/mol. The van der Waals surface area contributed by atoms with Gasteiger partial charge in [0.2, 0.25) is 0 Å². The highest BCUT2D eigenvalue weighted by atomic mass is 127. The van der Waals surface area contributed by atoms with E-state index in [-0.39, 0.29) is 11.6 Å². The number of anilines is 2. The van der Waals surface area contributed by atoms with Crippen molar-refractivity contribution >= 4 is 74.7 Å². The molecule has 9 heteroatoms. The van der Waals surface area contributed by atoms with Gasteiger partial charge in [0.05, 0.1) is 9.80 Å². The third-order valence-electron chi connectivity index (χ3n) is 3.21. The Labute approximate surface area is 157 Å². The molecule has 0 saturated heterocycles. The minimum absolute atomic E-state index is 0.0160. The highest BCUT2D eigenvalue weighted by Crippen LogP contribution is 2.29. The zero-order chi connectivity index (χ0) is 17.1. The molecule has 1 amide bonds. The lowest BCUT2D eigenvalue weighted by Crippen LogP contribution is -2.09. The van der Waals surface area contributed by atoms with Crippen LogP contribution in [0, 0.1) is 10.1 Å². The largest absolute Gasteiger partial charge is 0.321 e. The molecule has 0 fully saturated rings. The van der Waals surface area contributed by atoms with Gasteiger partial charge in [0.25, 0.3) is 11.6 Å². The lowest BCUT2D eigenvalue weighted by atomic mass is 10.2. The molecule has 0 bridgehead atoms. The van der Waals surface area contributed by atoms with Crippen molar-refractivity contribution in [2.45, 2.75) is 0 Å². The van der Waals surface area contributed by atoms with Gasteiger partial charge in [0, 0.05) is 63.9 Å². The van der Waals surface area contributed by atoms with Crippen molar-refractivity contribution in [3.05, 3.63) is 63.5 Å². The van der Waals surface area contributed by atoms with Crippen molar-refractivity contribution < 1.29 is 9.72 Å². The van der Waals surface area contributed by atoms with Gasteiger partial charge in [0.1, 0.15) is 0 Å². The topological polar surface area (TPSA) is 84.3 Å². The van der Waals surface area contributed by atoms with Crippen LogP contribution in [0.1, 0.15) is 9.67 Å². The predicted octanol–water partition coefficient (Wildman–Crippen LogP) is 5.47. The van der Waals surface area contributed by atoms with Gasteiger partial charge in [-0.1, -0.05) is 6.07 Å². The second-order valence-corrected chi connectivity index (χ2v) is 7.57. The number of nitrogens with one attached hydrogen (secondary N) is 2. The van der Waals surface area contributed by atoms with E-state index in [1.165, 1.54) is 32.6 Å². The highest BCUT2D eigenvalue weighted by molar-refractivity contribution is 14.2. The van der Waals surface area contributed by atoms with Crippen LogP contribution in [0.25, 0.3) is 10.1 Å². The molecule has 0 aliphatic rings. The summed E-state index contributed by atoms with van der Waals surface area (Å²) in [6, 6.07) is 13.6. The molecule has 0 unspecified atom stereocenters. The molecule has 0 spiro atoms. The summed E-state index contributed by atoms with van der Waals surface area (Å²) in [6.07, 6.45) is 0. The Morgan fingerprint density at radius 2 is 1.96 bits per heavy atom. The lowest BCUT2D eigenvalue weighted by molar-refractivity contribution is -0.384. The van der Waals surface area contributed by atoms with Crippen molar-refractivity contribution in [2.24, 2.45) is 0 Å². The second-order valence-electron chi connectivity index (χ2n) is 4.80. The Balaban J connectivity index is 1.83. The summed E-state index contributed by atoms with van der Waals surface area (Å²) in [4.78, 5) is 23.3. The third kappa shape index (κ3) is 3.79. The number of rotatable bonds is 5. The Morgan fingerprint density at radius 1 is 1.17 bits per heavy atom. The van der Waals surface area contributed by atoms with Gasteiger partial charge < -0.3 is 10.0 Å². The number of halogens is 1. The number of fused-ring (bicyclic) bond motifs is 1. The Kier molecular flexibility index (Phi) is 5.21. The first-order valence-electron chi connectivity index (χ1n) is 6.70. The van der Waals surface area contributed by atoms with Crippen LogP contribution in [0.5, 0.6) is 0 Å². The summed E-state index contributed by atoms with van der Waals surface area (Å²) >= 11 is 3.43. The summed E-state index contributed by atoms with van der Waals surface area (Å²) in [7, 11) is 1.44. The maximum absolute atomic E-state index is 12.4. The van der Waals surface area contributed by atoms with E-state index in [0.29, 0.717) is 16.0 Å². The fourth-order valence-corrected chi connectivity index (χ4v) is 4.07. The summed E-state index contributed by atoms with van der Waals surface area (Å²) < 4.78 is 3.93. The van der Waals surface area contributed by atoms with Gasteiger partial charge in [-0.15, -0.1) is 11.3 Å². The number of nitro benzene ring substituents is 1. The predicted molar refractivity (Wildman–Crippen MR) is 108 cm³/mol. The molecular formula is C15H10IN3O3S2. The SMILES string of the molecule is O=C(Nc1cccc(NSI)c1)c1cc2cc([N+](=O)[O-])ccc2s1. The molecule has 24 heavy (non-hydrogen) atoms. The van der Waals surface area contributed by atoms with E-state index in [9.17, 15) is 14.9 Å². The summed E-state index contributed by atoms with van der Waals surface area (Å²) in [5, 5.41) is 14.4. The minimum Gasteiger partial charge on any atom is -0.321 e. The molecule has 2 aromatic carbocycles. The second kappa shape index (κ2) is 7.36. The minimum atomic E-state index is -0.444. The normalized spacial score (nSPS) is 10.5. The van der Waals surface area contributed by atoms with Crippen LogP contribution < -0.4 is 10.0 Å². The standard InChI is InChI=1S/C15H10IN3O3S2/c16-24-18-11-3-1-2-10(8-11)17-15(20)14-7-9-6-12(19(21)22)4-5-13(9)23-14/h1-8,18H,(H,17,20). The Bertz CT molecular complexity index is 929. The molecule has 1 heterocycles. The Hall–Kier alpha value is -1.85. The van der Waals surface area contributed by atoms with E-state index in [4.69, 9.17) is 0 Å². The van der Waals surface area contributed by atoms with E-state index < -0.39 is 4.92 Å². The average Bonchev–Trinajstić information content (AvgIpc) is 2.98. The fraction of sp³-hybridized carbons (Fsp3) is 0. The number of non-ortho nitro benzene ring substituents is 1. The number of amides is 1. The number of carbonyl (C=O) groups is 1. The van der Waals surface area contributed by atoms with Gasteiger partial charge in [-0.25, -0.2) is 0 Å². The molecule has 122 valence electrons. The van der Waals surface area contributed by atoms with Crippen molar-refractivity contribution in [2.75, 3.05) is 10.0 Å². The van der Waals surface area contributed by atoms with Crippen LogP contribution in [-0.2, 0) is 0 Å². The number of nitro groups is 1. The van der Waals surface area contributed by atoms with Crippen LogP contribution in [0.4, 0.5) is 17.1 Å². The smallest absolute Gasteiger partial charge is 0.270 e. The van der Waals surface area contributed by atoms with E-state index in [1.54, 1.807) is 18.2 Å². The first-order valence-corrected chi connectivity index (χ1v) is 10.9. The average molecular weight is 471 g/mol. The fourth-order valence-electron chi connectivity index (χ4n) is 2.15. The number of carbonyl (C=O) groups excluding carboxylic acids is 1. The number of benzene rings is 2. The molecule has 6 nitrogen and oxygen atoms in total. The number of nitrogens with zero attached hydrogens (tertiary/aromatic N) is 1. The lowest BCUT2D eigenvalue weighted by Gasteiger charge is -2.06. The maximum Gasteiger partial charge on any atom is 0.270 e. The summed E-state index contributed by atoms with van der Waals surface area (Å²) in [6.45, 7) is 0. The monoisotopic (exact) mass is 471 g/mol. The number of thiophene rings is 1. The van der Waals surface area contributed by atoms with Crippen molar-refractivity contribution in [1.29, 1.82) is 0 Å². The molecule has 3 rings (SSSR count). The zero-order valence-electron chi connectivity index (χ0n) is 12.0. The molecule has 2 N–H and O–H groups in total. The van der Waals surface area contributed by atoms with E-state index in [1.807, 2.05) is 18.2 Å². The zero-order valence-corrected chi connectivity index (χ0v) is 15.8. The molecule has 1 aromatic heterocycles. The maximum atomic E-state index is 12.4. The van der Waals surface area contributed by atoms with E-state index >= 15 is 0 Å². The van der Waals surface area contributed by atoms with Crippen LogP contribution in [0.15, 0.2) is 48.5 Å². The van der Waals surface area contributed by atoms with Gasteiger partial charge in [-0.05, 0) is 30.3 Å². The molecule has 3 aromatic rings. The summed E-state index contributed by atoms with van der Waals surface area (Å²) in [5.41, 5.74) is 1.58. The highest BCUT2D eigenvalue weighted by Gasteiger charge is 2.13. The van der Waals surface area contributed by atoms with Crippen LogP contribution >= 0.6 is 41.7 Å².